The minimum Gasteiger partial charge on any atom is -0.493 e. The number of amides is 2. The molecular weight excluding hydrogens is 442 g/mol. The third kappa shape index (κ3) is 6.95. The summed E-state index contributed by atoms with van der Waals surface area (Å²) in [5.41, 5.74) is 8.78. The van der Waals surface area contributed by atoms with Gasteiger partial charge in [-0.1, -0.05) is 39.0 Å². The SMILES string of the molecule is CC1=C(c2ccc(C(=O)NCC(C)(C)C)cc2OCCCNCCO)CC(C(N)=O)(C2CC2)C=C1. The lowest BCUT2D eigenvalue weighted by atomic mass is 9.70. The molecule has 1 unspecified atom stereocenters. The predicted octanol–water partition coefficient (Wildman–Crippen LogP) is 3.43. The number of nitrogens with two attached hydrogens (primary N) is 1. The Bertz CT molecular complexity index is 988. The molecule has 0 aromatic heterocycles. The Morgan fingerprint density at radius 1 is 1.23 bits per heavy atom. The van der Waals surface area contributed by atoms with Crippen LogP contribution >= 0.6 is 0 Å². The van der Waals surface area contributed by atoms with Crippen molar-refractivity contribution in [3.8, 4) is 5.75 Å². The van der Waals surface area contributed by atoms with E-state index in [-0.39, 0.29) is 29.8 Å². The van der Waals surface area contributed by atoms with Crippen molar-refractivity contribution in [2.75, 3.05) is 32.8 Å². The largest absolute Gasteiger partial charge is 0.493 e. The molecule has 2 aliphatic carbocycles. The van der Waals surface area contributed by atoms with Crippen molar-refractivity contribution in [1.29, 1.82) is 0 Å². The number of rotatable bonds is 12. The van der Waals surface area contributed by atoms with Crippen LogP contribution in [0, 0.1) is 16.7 Å². The highest BCUT2D eigenvalue weighted by Gasteiger charge is 2.49. The molecule has 0 saturated heterocycles. The Kier molecular flexibility index (Phi) is 8.78. The van der Waals surface area contributed by atoms with Crippen LogP contribution in [0.15, 0.2) is 35.9 Å². The lowest BCUT2D eigenvalue weighted by molar-refractivity contribution is -0.126. The Morgan fingerprint density at radius 2 is 1.97 bits per heavy atom. The predicted molar refractivity (Wildman–Crippen MR) is 139 cm³/mol. The molecular formula is C28H41N3O4. The summed E-state index contributed by atoms with van der Waals surface area (Å²) in [5.74, 6) is 0.495. The van der Waals surface area contributed by atoms with E-state index in [2.05, 4.69) is 31.4 Å². The van der Waals surface area contributed by atoms with Gasteiger partial charge < -0.3 is 26.2 Å². The van der Waals surface area contributed by atoms with E-state index in [0.29, 0.717) is 37.4 Å². The van der Waals surface area contributed by atoms with Crippen LogP contribution in [-0.2, 0) is 4.79 Å². The Hall–Kier alpha value is -2.64. The van der Waals surface area contributed by atoms with Crippen molar-refractivity contribution < 1.29 is 19.4 Å². The van der Waals surface area contributed by atoms with E-state index < -0.39 is 5.41 Å². The molecule has 1 atom stereocenters. The van der Waals surface area contributed by atoms with Crippen LogP contribution in [0.3, 0.4) is 0 Å². The number of hydrogen-bond acceptors (Lipinski definition) is 5. The number of carbonyl (C=O) groups excluding carboxylic acids is 2. The molecule has 3 rings (SSSR count). The Labute approximate surface area is 209 Å². The molecule has 35 heavy (non-hydrogen) atoms. The van der Waals surface area contributed by atoms with E-state index in [0.717, 1.165) is 42.5 Å². The second-order valence-electron chi connectivity index (χ2n) is 11.0. The van der Waals surface area contributed by atoms with Crippen LogP contribution in [0.25, 0.3) is 5.57 Å². The van der Waals surface area contributed by atoms with Gasteiger partial charge in [0, 0.05) is 24.2 Å². The zero-order chi connectivity index (χ0) is 25.6. The summed E-state index contributed by atoms with van der Waals surface area (Å²) in [6.45, 7) is 10.7. The molecule has 7 heteroatoms. The first kappa shape index (κ1) is 27.0. The first-order valence-corrected chi connectivity index (χ1v) is 12.6. The average molecular weight is 484 g/mol. The van der Waals surface area contributed by atoms with Crippen LogP contribution in [0.4, 0.5) is 0 Å². The van der Waals surface area contributed by atoms with Crippen molar-refractivity contribution in [2.45, 2.75) is 53.4 Å². The highest BCUT2D eigenvalue weighted by atomic mass is 16.5. The molecule has 0 heterocycles. The fourth-order valence-electron chi connectivity index (χ4n) is 4.49. The molecule has 0 spiro atoms. The normalized spacial score (nSPS) is 20.1. The Balaban J connectivity index is 1.87. The summed E-state index contributed by atoms with van der Waals surface area (Å²) in [6, 6.07) is 5.56. The van der Waals surface area contributed by atoms with Gasteiger partial charge in [-0.15, -0.1) is 0 Å². The summed E-state index contributed by atoms with van der Waals surface area (Å²) in [4.78, 5) is 25.4. The van der Waals surface area contributed by atoms with Gasteiger partial charge in [-0.25, -0.2) is 0 Å². The number of nitrogens with one attached hydrogen (secondary N) is 2. The number of aliphatic hydroxyl groups excluding tert-OH is 1. The van der Waals surface area contributed by atoms with Crippen molar-refractivity contribution in [3.63, 3.8) is 0 Å². The summed E-state index contributed by atoms with van der Waals surface area (Å²) in [6.07, 6.45) is 7.32. The van der Waals surface area contributed by atoms with Gasteiger partial charge in [0.2, 0.25) is 5.91 Å². The van der Waals surface area contributed by atoms with Gasteiger partial charge in [0.25, 0.3) is 5.91 Å². The molecule has 5 N–H and O–H groups in total. The molecule has 192 valence electrons. The number of hydrogen-bond donors (Lipinski definition) is 4. The number of carbonyl (C=O) groups is 2. The number of benzene rings is 1. The molecule has 1 saturated carbocycles. The summed E-state index contributed by atoms with van der Waals surface area (Å²) in [7, 11) is 0. The molecule has 1 aromatic rings. The molecule has 2 aliphatic rings. The first-order chi connectivity index (χ1) is 16.6. The van der Waals surface area contributed by atoms with Gasteiger partial charge in [-0.3, -0.25) is 9.59 Å². The maximum atomic E-state index is 12.8. The maximum Gasteiger partial charge on any atom is 0.251 e. The summed E-state index contributed by atoms with van der Waals surface area (Å²) >= 11 is 0. The van der Waals surface area contributed by atoms with E-state index in [1.165, 1.54) is 0 Å². The van der Waals surface area contributed by atoms with Crippen molar-refractivity contribution in [2.24, 2.45) is 22.5 Å². The van der Waals surface area contributed by atoms with Crippen molar-refractivity contribution >= 4 is 17.4 Å². The third-order valence-electron chi connectivity index (χ3n) is 6.73. The lowest BCUT2D eigenvalue weighted by Gasteiger charge is -2.33. The number of primary amides is 1. The van der Waals surface area contributed by atoms with E-state index in [1.807, 2.05) is 31.2 Å². The molecule has 1 aromatic carbocycles. The van der Waals surface area contributed by atoms with E-state index in [9.17, 15) is 9.59 Å². The number of allylic oxidation sites excluding steroid dienone is 3. The highest BCUT2D eigenvalue weighted by molar-refractivity contribution is 5.96. The second kappa shape index (κ2) is 11.4. The Morgan fingerprint density at radius 3 is 2.60 bits per heavy atom. The van der Waals surface area contributed by atoms with Crippen LogP contribution in [0.5, 0.6) is 5.75 Å². The maximum absolute atomic E-state index is 12.8. The molecule has 0 radical (unpaired) electrons. The molecule has 1 fully saturated rings. The van der Waals surface area contributed by atoms with Crippen LogP contribution in [0.2, 0.25) is 0 Å². The van der Waals surface area contributed by atoms with Gasteiger partial charge >= 0.3 is 0 Å². The topological polar surface area (TPSA) is 114 Å². The smallest absolute Gasteiger partial charge is 0.251 e. The summed E-state index contributed by atoms with van der Waals surface area (Å²) < 4.78 is 6.20. The van der Waals surface area contributed by atoms with Crippen LogP contribution in [0.1, 0.15) is 69.3 Å². The zero-order valence-electron chi connectivity index (χ0n) is 21.6. The van der Waals surface area contributed by atoms with Gasteiger partial charge in [0.05, 0.1) is 18.6 Å². The monoisotopic (exact) mass is 483 g/mol. The highest BCUT2D eigenvalue weighted by Crippen LogP contribution is 2.54. The van der Waals surface area contributed by atoms with Gasteiger partial charge in [0.1, 0.15) is 5.75 Å². The quantitative estimate of drug-likeness (QED) is 0.340. The molecule has 0 aliphatic heterocycles. The fourth-order valence-corrected chi connectivity index (χ4v) is 4.49. The third-order valence-corrected chi connectivity index (χ3v) is 6.73. The van der Waals surface area contributed by atoms with E-state index in [4.69, 9.17) is 15.6 Å². The zero-order valence-corrected chi connectivity index (χ0v) is 21.6. The van der Waals surface area contributed by atoms with Gasteiger partial charge in [-0.05, 0) is 73.8 Å². The first-order valence-electron chi connectivity index (χ1n) is 12.6. The van der Waals surface area contributed by atoms with E-state index >= 15 is 0 Å². The molecule has 0 bridgehead atoms. The van der Waals surface area contributed by atoms with Gasteiger partial charge in [0.15, 0.2) is 0 Å². The standard InChI is InChI=1S/C28H41N3O4/c1-19-10-11-28(26(29)34,21-7-8-21)17-23(19)22-9-6-20(25(33)31-18-27(2,3)4)16-24(22)35-15-5-12-30-13-14-32/h6,9-11,16,21,30,32H,5,7-8,12-15,17-18H2,1-4H3,(H2,29,34)(H,31,33). The average Bonchev–Trinajstić information content (AvgIpc) is 3.65. The lowest BCUT2D eigenvalue weighted by Crippen LogP contribution is -2.38. The van der Waals surface area contributed by atoms with Crippen molar-refractivity contribution in [1.82, 2.24) is 10.6 Å². The molecule has 2 amide bonds. The minimum atomic E-state index is -0.664. The van der Waals surface area contributed by atoms with Crippen LogP contribution < -0.4 is 21.1 Å². The van der Waals surface area contributed by atoms with Crippen LogP contribution in [-0.4, -0.2) is 49.8 Å². The molecule has 7 nitrogen and oxygen atoms in total. The fraction of sp³-hybridized carbons (Fsp3) is 0.571. The van der Waals surface area contributed by atoms with E-state index in [1.54, 1.807) is 6.07 Å². The van der Waals surface area contributed by atoms with Crippen molar-refractivity contribution in [3.05, 3.63) is 47.1 Å². The number of ether oxygens (including phenoxy) is 1. The second-order valence-corrected chi connectivity index (χ2v) is 11.0. The minimum absolute atomic E-state index is 0.0201. The number of aliphatic hydroxyl groups is 1. The summed E-state index contributed by atoms with van der Waals surface area (Å²) in [5, 5.41) is 15.1. The van der Waals surface area contributed by atoms with Gasteiger partial charge in [-0.2, -0.15) is 0 Å².